The molecule has 694 valence electrons. The number of hydrogen-bond donors (Lipinski definition) is 6. The number of alkyl carbamates (subject to hydrolysis) is 1. The third-order valence-corrected chi connectivity index (χ3v) is 26.2. The van der Waals surface area contributed by atoms with E-state index in [-0.39, 0.29) is 73.7 Å². The zero-order valence-electron chi connectivity index (χ0n) is 77.0. The molecule has 1 amide bonds. The van der Waals surface area contributed by atoms with Crippen LogP contribution < -0.4 is 33.3 Å². The number of carboxylic acids is 1. The Labute approximate surface area is 766 Å². The monoisotopic (exact) mass is 1820 g/mol. The van der Waals surface area contributed by atoms with Crippen LogP contribution in [0.15, 0.2) is 116 Å². The zero-order chi connectivity index (χ0) is 96.3. The van der Waals surface area contributed by atoms with Gasteiger partial charge in [-0.1, -0.05) is 83.4 Å². The molecule has 4 aromatic carbocycles. The number of nitrogens with two attached hydrogens (primary N) is 1. The minimum Gasteiger partial charge on any atom is -0.508 e. The lowest BCUT2D eigenvalue weighted by atomic mass is 9.86. The summed E-state index contributed by atoms with van der Waals surface area (Å²) in [6, 6.07) is 30.4. The Morgan fingerprint density at radius 3 is 1.03 bits per heavy atom. The van der Waals surface area contributed by atoms with E-state index < -0.39 is 89.0 Å². The molecule has 4 atom stereocenters. The lowest BCUT2D eigenvalue weighted by Gasteiger charge is -2.33. The van der Waals surface area contributed by atoms with Gasteiger partial charge < -0.3 is 82.9 Å². The van der Waals surface area contributed by atoms with E-state index in [1.807, 2.05) is 50.2 Å². The molecule has 0 bridgehead atoms. The Hall–Kier alpha value is -14.4. The molecule has 12 aromatic rings. The summed E-state index contributed by atoms with van der Waals surface area (Å²) >= 11 is 0. The third-order valence-electron chi connectivity index (χ3n) is 26.2. The average Bonchev–Trinajstić information content (AvgIpc) is 1.55. The van der Waals surface area contributed by atoms with Gasteiger partial charge in [-0.15, -0.1) is 0 Å². The highest BCUT2D eigenvalue weighted by Gasteiger charge is 2.52. The summed E-state index contributed by atoms with van der Waals surface area (Å²) in [6.45, 7) is 27.8. The van der Waals surface area contributed by atoms with Gasteiger partial charge in [0.25, 0.3) is 22.2 Å². The first kappa shape index (κ1) is 92.8. The van der Waals surface area contributed by atoms with E-state index in [1.165, 1.54) is 30.5 Å². The molecule has 8 aliphatic rings. The van der Waals surface area contributed by atoms with Gasteiger partial charge in [0.15, 0.2) is 11.2 Å². The average molecular weight is 1820 g/mol. The summed E-state index contributed by atoms with van der Waals surface area (Å²) in [5, 5.41) is 46.2. The van der Waals surface area contributed by atoms with Crippen molar-refractivity contribution in [3.8, 4) is 51.3 Å². The molecule has 20 rings (SSSR count). The SMILES string of the molecule is CC(C)(C)OC(=O)NCC(=O)O.CCC(=O)O[C@]1(C)C(=O)OCc2c1cc1n(c2=O)Cc2c-1nc1ccc(C)cc1c2CC.CCc1c2c(nc3ccc(C)cc13)-c1cc3c(c(=O)n1C2)COC(=O)[C@@]3(C)OC(=O)CN.CCc1c2c(nc3ccc(C)cc13)-c1cc3c(c(=O)n1C2)COC(=O)[C@]3(O)CC.CCc1c2c(nc3ccc(O)cc13)-c1cc3c(c(=O)n1C2)COC(=O)[C@]3(O)CC. The van der Waals surface area contributed by atoms with Gasteiger partial charge in [0.1, 0.15) is 44.3 Å². The first-order chi connectivity index (χ1) is 63.6. The van der Waals surface area contributed by atoms with Gasteiger partial charge in [-0.2, -0.15) is 0 Å². The fraction of sp³-hybridized carbons (Fsp3) is 0.366. The Kier molecular flexibility index (Phi) is 24.2. The van der Waals surface area contributed by atoms with Crippen molar-refractivity contribution < 1.29 is 91.9 Å². The number of nitrogens with zero attached hydrogens (tertiary/aromatic N) is 8. The van der Waals surface area contributed by atoms with E-state index in [1.54, 1.807) is 102 Å². The predicted octanol–water partition coefficient (Wildman–Crippen LogP) is 11.5. The molecule has 0 radical (unpaired) electrons. The third kappa shape index (κ3) is 15.6. The van der Waals surface area contributed by atoms with E-state index in [9.17, 15) is 72.9 Å². The number of cyclic esters (lactones) is 4. The quantitative estimate of drug-likeness (QED) is 0.0489. The number of aliphatic carboxylic acids is 1. The van der Waals surface area contributed by atoms with E-state index in [2.05, 4.69) is 58.1 Å². The maximum atomic E-state index is 13.5. The second kappa shape index (κ2) is 34.9. The van der Waals surface area contributed by atoms with Crippen LogP contribution in [0.1, 0.15) is 208 Å². The molecule has 134 heavy (non-hydrogen) atoms. The number of phenols is 1. The summed E-state index contributed by atoms with van der Waals surface area (Å²) in [4.78, 5) is 167. The number of aromatic hydroxyl groups is 1. The fourth-order valence-electron chi connectivity index (χ4n) is 19.3. The van der Waals surface area contributed by atoms with Gasteiger partial charge >= 0.3 is 47.9 Å². The number of phenolic OH excluding ortho intramolecular Hbond substituents is 1. The Balaban J connectivity index is 0.000000125. The largest absolute Gasteiger partial charge is 0.508 e. The van der Waals surface area contributed by atoms with Crippen LogP contribution in [0.2, 0.25) is 0 Å². The van der Waals surface area contributed by atoms with Crippen molar-refractivity contribution >= 4 is 91.5 Å². The first-order valence-corrected chi connectivity index (χ1v) is 44.6. The van der Waals surface area contributed by atoms with Crippen LogP contribution in [0.25, 0.3) is 89.2 Å². The zero-order valence-corrected chi connectivity index (χ0v) is 77.0. The van der Waals surface area contributed by atoms with Crippen molar-refractivity contribution in [2.45, 2.75) is 229 Å². The number of pyridine rings is 8. The van der Waals surface area contributed by atoms with Crippen molar-refractivity contribution in [3.63, 3.8) is 0 Å². The Morgan fingerprint density at radius 1 is 0.433 bits per heavy atom. The fourth-order valence-corrected chi connectivity index (χ4v) is 19.3. The highest BCUT2D eigenvalue weighted by atomic mass is 16.6. The second-order valence-corrected chi connectivity index (χ2v) is 35.7. The highest BCUT2D eigenvalue weighted by Crippen LogP contribution is 2.47. The van der Waals surface area contributed by atoms with E-state index in [0.29, 0.717) is 111 Å². The smallest absolute Gasteiger partial charge is 0.408 e. The molecule has 0 aliphatic carbocycles. The molecule has 8 aromatic heterocycles. The molecule has 7 N–H and O–H groups in total. The molecule has 8 aliphatic heterocycles. The van der Waals surface area contributed by atoms with Crippen LogP contribution >= 0.6 is 0 Å². The maximum Gasteiger partial charge on any atom is 0.408 e. The van der Waals surface area contributed by atoms with E-state index in [0.717, 1.165) is 119 Å². The van der Waals surface area contributed by atoms with Crippen molar-refractivity contribution in [2.24, 2.45) is 5.73 Å². The lowest BCUT2D eigenvalue weighted by molar-refractivity contribution is -0.186. The number of nitrogens with one attached hydrogen (secondary N) is 1. The van der Waals surface area contributed by atoms with Crippen LogP contribution in [-0.4, -0.2) is 125 Å². The molecule has 0 spiro atoms. The number of carbonyl (C=O) groups excluding carboxylic acids is 7. The number of carboxylic acid groups (broad SMARTS) is 1. The number of aliphatic hydroxyl groups is 2. The van der Waals surface area contributed by atoms with Gasteiger partial charge in [0, 0.05) is 72.5 Å². The molecule has 0 fully saturated rings. The summed E-state index contributed by atoms with van der Waals surface area (Å²) in [7, 11) is 0. The molecule has 0 saturated heterocycles. The summed E-state index contributed by atoms with van der Waals surface area (Å²) in [5.41, 5.74) is 20.1. The molecule has 33 nitrogen and oxygen atoms in total. The normalized spacial score (nSPS) is 18.4. The van der Waals surface area contributed by atoms with Crippen LogP contribution in [0.4, 0.5) is 4.79 Å². The second-order valence-electron chi connectivity index (χ2n) is 35.7. The van der Waals surface area contributed by atoms with E-state index >= 15 is 0 Å². The molecule has 16 heterocycles. The van der Waals surface area contributed by atoms with Crippen molar-refractivity contribution in [1.82, 2.24) is 43.5 Å². The molecule has 0 unspecified atom stereocenters. The van der Waals surface area contributed by atoms with Gasteiger partial charge in [-0.25, -0.2) is 43.9 Å². The van der Waals surface area contributed by atoms with E-state index in [4.69, 9.17) is 63.9 Å². The maximum absolute atomic E-state index is 13.5. The number of amides is 1. The minimum absolute atomic E-state index is 0.109. The Bertz CT molecular complexity index is 6990. The molecular weight excluding hydrogens is 1720 g/mol. The van der Waals surface area contributed by atoms with Gasteiger partial charge in [0.05, 0.1) is 123 Å². The molecule has 33 heteroatoms. The van der Waals surface area contributed by atoms with Crippen LogP contribution in [0, 0.1) is 20.8 Å². The number of esters is 6. The minimum atomic E-state index is -1.83. The number of fused-ring (bicyclic) bond motifs is 20. The van der Waals surface area contributed by atoms with Crippen LogP contribution in [-0.2, 0) is 167 Å². The predicted molar refractivity (Wildman–Crippen MR) is 491 cm³/mol. The standard InChI is InChI=1S/C25H24N2O5.C24H23N3O5.C23H22N2O4.C22H20N2O5.C7H13NO4/c1-5-14-15-9-13(3)7-8-19(15)26-22-16(14)11-27-20(22)10-18-17(23(27)29)12-31-24(30)25(18,4)32-21(28)6-2;1-4-13-14-7-12(2)5-6-18(14)26-21-15(13)10-27-19(21)8-17-16(22(27)29)11-31-23(30)24(17,3)32-20(28)9-25;1-4-13-14-8-12(3)6-7-18(14)24-20-15(13)10-25-19(20)9-17-16(21(25)26)11-29-22(27)23(17,28)5-2;1-3-12-13-7-11(25)5-6-17(13)23-19-14(12)9-24-18(19)8-16-15(20(24)26)10-29-21(27)22(16,28)4-2;1-7(2,3)12-6(11)8-4-5(9)10/h7-10H,5-6,11-12H2,1-4H3;5-8H,4,9-11,25H2,1-3H3;6-9,28H,4-5,10-11H2,1-3H3;5-8,25,28H,3-4,9-10H2,1-2H3;4H2,1-3H3,(H,8,11)(H,9,10)/t25-;24-;23-;22-;/m0000./s1. The first-order valence-electron chi connectivity index (χ1n) is 44.6. The topological polar surface area (TPSA) is 460 Å². The lowest BCUT2D eigenvalue weighted by Crippen LogP contribution is -2.46. The molecule has 0 saturated carbocycles. The number of benzene rings is 4. The van der Waals surface area contributed by atoms with Gasteiger partial charge in [0.2, 0.25) is 11.2 Å². The summed E-state index contributed by atoms with van der Waals surface area (Å²) < 4.78 is 43.1. The van der Waals surface area contributed by atoms with Gasteiger partial charge in [-0.3, -0.25) is 33.6 Å². The number of aryl methyl sites for hydroxylation is 7. The van der Waals surface area contributed by atoms with Crippen LogP contribution in [0.5, 0.6) is 5.75 Å². The number of ether oxygens (including phenoxy) is 7. The highest BCUT2D eigenvalue weighted by molar-refractivity contribution is 5.96. The molecular formula is C101H102N10O23. The van der Waals surface area contributed by atoms with Crippen molar-refractivity contribution in [2.75, 3.05) is 13.1 Å². The van der Waals surface area contributed by atoms with Gasteiger partial charge in [-0.05, 0) is 195 Å². The van der Waals surface area contributed by atoms with Crippen LogP contribution in [0.3, 0.4) is 0 Å². The number of aromatic nitrogens is 8. The number of hydrogen-bond acceptors (Lipinski definition) is 27. The van der Waals surface area contributed by atoms with Crippen molar-refractivity contribution in [1.29, 1.82) is 0 Å². The number of rotatable bonds is 12. The summed E-state index contributed by atoms with van der Waals surface area (Å²) in [6.07, 6.45) is 2.78. The Morgan fingerprint density at radius 2 is 0.731 bits per heavy atom. The number of carbonyl (C=O) groups is 8. The van der Waals surface area contributed by atoms with Crippen molar-refractivity contribution in [3.05, 3.63) is 244 Å². The summed E-state index contributed by atoms with van der Waals surface area (Å²) in [5.74, 6) is -5.06.